The van der Waals surface area contributed by atoms with Crippen molar-refractivity contribution in [1.82, 2.24) is 5.32 Å². The zero-order valence-corrected chi connectivity index (χ0v) is 10.4. The Morgan fingerprint density at radius 3 is 2.50 bits per heavy atom. The molecule has 2 nitrogen and oxygen atoms in total. The second kappa shape index (κ2) is 3.95. The smallest absolute Gasteiger partial charge is 0.134 e. The van der Waals surface area contributed by atoms with E-state index in [4.69, 9.17) is 4.42 Å². The SMILES string of the molecule is Cc1c(CNC(C)(C)C)oc2ccccc12. The van der Waals surface area contributed by atoms with Crippen LogP contribution in [0.5, 0.6) is 0 Å². The van der Waals surface area contributed by atoms with E-state index < -0.39 is 0 Å². The van der Waals surface area contributed by atoms with Gasteiger partial charge in [-0.05, 0) is 39.3 Å². The highest BCUT2D eigenvalue weighted by molar-refractivity contribution is 5.81. The lowest BCUT2D eigenvalue weighted by molar-refractivity contribution is 0.394. The minimum Gasteiger partial charge on any atom is -0.459 e. The standard InChI is InChI=1S/C14H19NO/c1-10-11-7-5-6-8-12(11)16-13(10)9-15-14(2,3)4/h5-8,15H,9H2,1-4H3. The van der Waals surface area contributed by atoms with E-state index in [9.17, 15) is 0 Å². The molecule has 0 saturated carbocycles. The minimum absolute atomic E-state index is 0.116. The van der Waals surface area contributed by atoms with Crippen LogP contribution in [-0.4, -0.2) is 5.54 Å². The maximum Gasteiger partial charge on any atom is 0.134 e. The molecule has 0 aliphatic heterocycles. The number of fused-ring (bicyclic) bond motifs is 1. The van der Waals surface area contributed by atoms with Crippen LogP contribution in [0.4, 0.5) is 0 Å². The molecular formula is C14H19NO. The first-order chi connectivity index (χ1) is 7.47. The van der Waals surface area contributed by atoms with Crippen LogP contribution in [0.25, 0.3) is 11.0 Å². The summed E-state index contributed by atoms with van der Waals surface area (Å²) in [5, 5.41) is 4.66. The van der Waals surface area contributed by atoms with Gasteiger partial charge in [-0.3, -0.25) is 0 Å². The topological polar surface area (TPSA) is 25.2 Å². The highest BCUT2D eigenvalue weighted by Gasteiger charge is 2.13. The molecule has 0 bridgehead atoms. The zero-order chi connectivity index (χ0) is 11.8. The number of para-hydroxylation sites is 1. The van der Waals surface area contributed by atoms with Crippen molar-refractivity contribution >= 4 is 11.0 Å². The van der Waals surface area contributed by atoms with E-state index in [2.05, 4.69) is 39.1 Å². The van der Waals surface area contributed by atoms with Crippen molar-refractivity contribution in [2.24, 2.45) is 0 Å². The maximum atomic E-state index is 5.83. The fraction of sp³-hybridized carbons (Fsp3) is 0.429. The predicted molar refractivity (Wildman–Crippen MR) is 67.5 cm³/mol. The van der Waals surface area contributed by atoms with Crippen molar-refractivity contribution in [2.75, 3.05) is 0 Å². The Bertz CT molecular complexity index is 491. The third-order valence-corrected chi connectivity index (χ3v) is 2.72. The van der Waals surface area contributed by atoms with Crippen molar-refractivity contribution in [3.8, 4) is 0 Å². The molecule has 0 saturated heterocycles. The van der Waals surface area contributed by atoms with Crippen LogP contribution >= 0.6 is 0 Å². The van der Waals surface area contributed by atoms with E-state index in [0.717, 1.165) is 17.9 Å². The normalized spacial score (nSPS) is 12.2. The quantitative estimate of drug-likeness (QED) is 0.831. The zero-order valence-electron chi connectivity index (χ0n) is 10.4. The average Bonchev–Trinajstić information content (AvgIpc) is 2.53. The number of benzene rings is 1. The van der Waals surface area contributed by atoms with E-state index in [1.54, 1.807) is 0 Å². The Kier molecular flexibility index (Phi) is 2.76. The van der Waals surface area contributed by atoms with Gasteiger partial charge in [-0.2, -0.15) is 0 Å². The molecule has 1 N–H and O–H groups in total. The van der Waals surface area contributed by atoms with Crippen molar-refractivity contribution in [2.45, 2.75) is 39.8 Å². The van der Waals surface area contributed by atoms with E-state index in [1.165, 1.54) is 10.9 Å². The van der Waals surface area contributed by atoms with Gasteiger partial charge in [0.1, 0.15) is 11.3 Å². The summed E-state index contributed by atoms with van der Waals surface area (Å²) >= 11 is 0. The number of hydrogen-bond donors (Lipinski definition) is 1. The van der Waals surface area contributed by atoms with Crippen LogP contribution in [0.2, 0.25) is 0 Å². The van der Waals surface area contributed by atoms with Crippen molar-refractivity contribution < 1.29 is 4.42 Å². The Balaban J connectivity index is 2.28. The van der Waals surface area contributed by atoms with Crippen LogP contribution in [0.3, 0.4) is 0 Å². The summed E-state index contributed by atoms with van der Waals surface area (Å²) < 4.78 is 5.83. The Labute approximate surface area is 96.6 Å². The third kappa shape index (κ3) is 2.27. The minimum atomic E-state index is 0.116. The van der Waals surface area contributed by atoms with Crippen molar-refractivity contribution in [3.63, 3.8) is 0 Å². The lowest BCUT2D eigenvalue weighted by Crippen LogP contribution is -2.35. The summed E-state index contributed by atoms with van der Waals surface area (Å²) in [5.41, 5.74) is 2.34. The Morgan fingerprint density at radius 2 is 1.88 bits per heavy atom. The maximum absolute atomic E-state index is 5.83. The number of nitrogens with one attached hydrogen (secondary N) is 1. The van der Waals surface area contributed by atoms with Gasteiger partial charge in [0, 0.05) is 10.9 Å². The number of aryl methyl sites for hydroxylation is 1. The number of furan rings is 1. The van der Waals surface area contributed by atoms with E-state index >= 15 is 0 Å². The summed E-state index contributed by atoms with van der Waals surface area (Å²) in [6, 6.07) is 8.18. The summed E-state index contributed by atoms with van der Waals surface area (Å²) in [6.45, 7) is 9.37. The first kappa shape index (κ1) is 11.2. The molecule has 1 aromatic carbocycles. The molecule has 0 spiro atoms. The molecule has 2 heteroatoms. The second-order valence-corrected chi connectivity index (χ2v) is 5.25. The fourth-order valence-corrected chi connectivity index (χ4v) is 1.74. The first-order valence-corrected chi connectivity index (χ1v) is 5.69. The molecule has 86 valence electrons. The number of hydrogen-bond acceptors (Lipinski definition) is 2. The lowest BCUT2D eigenvalue weighted by Gasteiger charge is -2.19. The summed E-state index contributed by atoms with van der Waals surface area (Å²) in [4.78, 5) is 0. The van der Waals surface area contributed by atoms with Gasteiger partial charge < -0.3 is 9.73 Å². The van der Waals surface area contributed by atoms with Gasteiger partial charge in [0.15, 0.2) is 0 Å². The van der Waals surface area contributed by atoms with Gasteiger partial charge in [-0.1, -0.05) is 18.2 Å². The molecule has 0 unspecified atom stereocenters. The lowest BCUT2D eigenvalue weighted by atomic mass is 10.1. The summed E-state index contributed by atoms with van der Waals surface area (Å²) in [5.74, 6) is 1.04. The van der Waals surface area contributed by atoms with Crippen LogP contribution in [-0.2, 0) is 6.54 Å². The molecule has 2 aromatic rings. The molecule has 1 heterocycles. The van der Waals surface area contributed by atoms with Gasteiger partial charge in [-0.15, -0.1) is 0 Å². The van der Waals surface area contributed by atoms with Crippen LogP contribution < -0.4 is 5.32 Å². The Hall–Kier alpha value is -1.28. The van der Waals surface area contributed by atoms with Gasteiger partial charge >= 0.3 is 0 Å². The molecule has 0 aliphatic carbocycles. The van der Waals surface area contributed by atoms with Gasteiger partial charge in [0.2, 0.25) is 0 Å². The van der Waals surface area contributed by atoms with Crippen LogP contribution in [0.1, 0.15) is 32.1 Å². The largest absolute Gasteiger partial charge is 0.459 e. The van der Waals surface area contributed by atoms with Crippen molar-refractivity contribution in [1.29, 1.82) is 0 Å². The summed E-state index contributed by atoms with van der Waals surface area (Å²) in [6.07, 6.45) is 0. The third-order valence-electron chi connectivity index (χ3n) is 2.72. The average molecular weight is 217 g/mol. The molecule has 0 amide bonds. The molecule has 0 aliphatic rings. The fourth-order valence-electron chi connectivity index (χ4n) is 1.74. The summed E-state index contributed by atoms with van der Waals surface area (Å²) in [7, 11) is 0. The Morgan fingerprint density at radius 1 is 1.19 bits per heavy atom. The molecule has 2 rings (SSSR count). The van der Waals surface area contributed by atoms with Gasteiger partial charge in [0.25, 0.3) is 0 Å². The monoisotopic (exact) mass is 217 g/mol. The molecule has 0 fully saturated rings. The van der Waals surface area contributed by atoms with E-state index in [1.807, 2.05) is 18.2 Å². The molecule has 1 aromatic heterocycles. The van der Waals surface area contributed by atoms with Gasteiger partial charge in [0.05, 0.1) is 6.54 Å². The van der Waals surface area contributed by atoms with E-state index in [-0.39, 0.29) is 5.54 Å². The van der Waals surface area contributed by atoms with Crippen LogP contribution in [0, 0.1) is 6.92 Å². The van der Waals surface area contributed by atoms with Crippen molar-refractivity contribution in [3.05, 3.63) is 35.6 Å². The van der Waals surface area contributed by atoms with Gasteiger partial charge in [-0.25, -0.2) is 0 Å². The van der Waals surface area contributed by atoms with E-state index in [0.29, 0.717) is 0 Å². The molecular weight excluding hydrogens is 198 g/mol. The molecule has 0 radical (unpaired) electrons. The molecule has 16 heavy (non-hydrogen) atoms. The highest BCUT2D eigenvalue weighted by Crippen LogP contribution is 2.24. The number of rotatable bonds is 2. The predicted octanol–water partition coefficient (Wildman–Crippen LogP) is 3.63. The van der Waals surface area contributed by atoms with Crippen LogP contribution in [0.15, 0.2) is 28.7 Å². The second-order valence-electron chi connectivity index (χ2n) is 5.25. The highest BCUT2D eigenvalue weighted by atomic mass is 16.3. The molecule has 0 atom stereocenters. The first-order valence-electron chi connectivity index (χ1n) is 5.69.